The monoisotopic (exact) mass is 371 g/mol. The predicted octanol–water partition coefficient (Wildman–Crippen LogP) is 2.30. The number of benzene rings is 1. The summed E-state index contributed by atoms with van der Waals surface area (Å²) in [5.41, 5.74) is 0.169. The zero-order valence-corrected chi connectivity index (χ0v) is 14.7. The number of sulfone groups is 1. The summed E-state index contributed by atoms with van der Waals surface area (Å²) >= 11 is 0. The highest BCUT2D eigenvalue weighted by Crippen LogP contribution is 2.31. The van der Waals surface area contributed by atoms with Crippen LogP contribution in [0, 0.1) is 5.82 Å². The van der Waals surface area contributed by atoms with Crippen molar-refractivity contribution >= 4 is 15.9 Å². The molecule has 3 rings (SSSR count). The molecular weight excluding hydrogens is 349 g/mol. The summed E-state index contributed by atoms with van der Waals surface area (Å²) < 4.78 is 49.8. The van der Waals surface area contributed by atoms with Crippen molar-refractivity contribution in [3.05, 3.63) is 35.6 Å². The molecule has 1 aromatic rings. The zero-order chi connectivity index (χ0) is 17.9. The molecule has 1 atom stereocenters. The first kappa shape index (κ1) is 18.1. The highest BCUT2D eigenvalue weighted by molar-refractivity contribution is 7.91. The van der Waals surface area contributed by atoms with Gasteiger partial charge in [0.1, 0.15) is 11.9 Å². The Labute approximate surface area is 146 Å². The van der Waals surface area contributed by atoms with E-state index in [1.807, 2.05) is 0 Å². The molecular formula is C17H22FNO5S. The Morgan fingerprint density at radius 3 is 2.60 bits per heavy atom. The number of carbonyl (C=O) groups is 1. The van der Waals surface area contributed by atoms with Gasteiger partial charge in [-0.2, -0.15) is 0 Å². The molecule has 0 unspecified atom stereocenters. The van der Waals surface area contributed by atoms with E-state index in [1.54, 1.807) is 6.07 Å². The van der Waals surface area contributed by atoms with Crippen LogP contribution in [0.15, 0.2) is 24.3 Å². The second kappa shape index (κ2) is 7.70. The predicted molar refractivity (Wildman–Crippen MR) is 89.4 cm³/mol. The van der Waals surface area contributed by atoms with Crippen LogP contribution >= 0.6 is 0 Å². The highest BCUT2D eigenvalue weighted by atomic mass is 32.2. The van der Waals surface area contributed by atoms with Crippen LogP contribution in [0.5, 0.6) is 0 Å². The van der Waals surface area contributed by atoms with Gasteiger partial charge >= 0.3 is 6.09 Å². The molecule has 0 aliphatic carbocycles. The van der Waals surface area contributed by atoms with Gasteiger partial charge in [-0.1, -0.05) is 18.2 Å². The molecule has 6 nitrogen and oxygen atoms in total. The molecule has 1 amide bonds. The maximum atomic E-state index is 14.0. The average molecular weight is 371 g/mol. The quantitative estimate of drug-likeness (QED) is 0.798. The molecule has 2 aliphatic heterocycles. The Morgan fingerprint density at radius 2 is 1.88 bits per heavy atom. The lowest BCUT2D eigenvalue weighted by molar-refractivity contribution is -0.00962. The number of nitrogens with zero attached hydrogens (tertiary/aromatic N) is 1. The van der Waals surface area contributed by atoms with Gasteiger partial charge in [0.05, 0.1) is 24.2 Å². The third kappa shape index (κ3) is 4.30. The van der Waals surface area contributed by atoms with Gasteiger partial charge < -0.3 is 14.4 Å². The van der Waals surface area contributed by atoms with Gasteiger partial charge in [-0.15, -0.1) is 0 Å². The summed E-state index contributed by atoms with van der Waals surface area (Å²) in [5.74, 6) is -0.733. The maximum Gasteiger partial charge on any atom is 0.410 e. The van der Waals surface area contributed by atoms with Crippen LogP contribution in [0.4, 0.5) is 9.18 Å². The molecule has 8 heteroatoms. The molecule has 0 aromatic heterocycles. The van der Waals surface area contributed by atoms with Crippen molar-refractivity contribution in [2.75, 3.05) is 32.1 Å². The van der Waals surface area contributed by atoms with Crippen molar-refractivity contribution in [2.24, 2.45) is 0 Å². The summed E-state index contributed by atoms with van der Waals surface area (Å²) in [6.07, 6.45) is 0.761. The lowest BCUT2D eigenvalue weighted by Crippen LogP contribution is -2.37. The van der Waals surface area contributed by atoms with E-state index in [1.165, 1.54) is 23.1 Å². The highest BCUT2D eigenvalue weighted by Gasteiger charge is 2.35. The van der Waals surface area contributed by atoms with Gasteiger partial charge in [-0.3, -0.25) is 0 Å². The van der Waals surface area contributed by atoms with Crippen LogP contribution in [-0.4, -0.2) is 57.6 Å². The molecule has 1 aromatic carbocycles. The first-order valence-electron chi connectivity index (χ1n) is 8.46. The summed E-state index contributed by atoms with van der Waals surface area (Å²) in [6.45, 7) is 1.40. The Kier molecular flexibility index (Phi) is 5.58. The van der Waals surface area contributed by atoms with Crippen LogP contribution in [0.3, 0.4) is 0 Å². The Hall–Kier alpha value is -1.67. The topological polar surface area (TPSA) is 72.9 Å². The number of hydrogen-bond donors (Lipinski definition) is 0. The minimum absolute atomic E-state index is 0.0648. The molecule has 2 saturated heterocycles. The number of carbonyl (C=O) groups excluding carboxylic acids is 1. The summed E-state index contributed by atoms with van der Waals surface area (Å²) in [6, 6.07) is 5.90. The smallest absolute Gasteiger partial charge is 0.410 e. The summed E-state index contributed by atoms with van der Waals surface area (Å²) in [7, 11) is -3.54. The van der Waals surface area contributed by atoms with Crippen molar-refractivity contribution < 1.29 is 27.1 Å². The van der Waals surface area contributed by atoms with E-state index in [9.17, 15) is 17.6 Å². The van der Waals surface area contributed by atoms with E-state index in [-0.39, 0.29) is 36.9 Å². The normalized spacial score (nSPS) is 24.5. The first-order valence-corrected chi connectivity index (χ1v) is 10.2. The molecule has 138 valence electrons. The average Bonchev–Trinajstić information content (AvgIpc) is 2.75. The fourth-order valence-corrected chi connectivity index (χ4v) is 5.02. The maximum absolute atomic E-state index is 14.0. The Bertz CT molecular complexity index is 718. The van der Waals surface area contributed by atoms with Crippen molar-refractivity contribution in [3.8, 4) is 0 Å². The van der Waals surface area contributed by atoms with Gasteiger partial charge in [0, 0.05) is 31.5 Å². The van der Waals surface area contributed by atoms with E-state index in [0.717, 1.165) is 0 Å². The number of ether oxygens (including phenoxy) is 2. The SMILES string of the molecule is O=C(OC1CCOCC1)N1CC[C@@H](c2ccccc2F)S(=O)(=O)CC1. The number of halogens is 1. The molecule has 0 bridgehead atoms. The second-order valence-electron chi connectivity index (χ2n) is 6.35. The van der Waals surface area contributed by atoms with Gasteiger partial charge in [0.25, 0.3) is 0 Å². The number of rotatable bonds is 2. The number of hydrogen-bond acceptors (Lipinski definition) is 5. The van der Waals surface area contributed by atoms with E-state index in [0.29, 0.717) is 26.1 Å². The van der Waals surface area contributed by atoms with E-state index < -0.39 is 27.0 Å². The molecule has 2 aliphatic rings. The molecule has 0 saturated carbocycles. The zero-order valence-electron chi connectivity index (χ0n) is 13.9. The third-order valence-corrected chi connectivity index (χ3v) is 6.79. The van der Waals surface area contributed by atoms with Crippen molar-refractivity contribution in [1.29, 1.82) is 0 Å². The Balaban J connectivity index is 1.69. The van der Waals surface area contributed by atoms with Gasteiger partial charge in [0.2, 0.25) is 0 Å². The molecule has 0 N–H and O–H groups in total. The molecule has 0 radical (unpaired) electrons. The minimum atomic E-state index is -3.54. The third-order valence-electron chi connectivity index (χ3n) is 4.69. The van der Waals surface area contributed by atoms with E-state index >= 15 is 0 Å². The van der Waals surface area contributed by atoms with Crippen LogP contribution in [0.2, 0.25) is 0 Å². The van der Waals surface area contributed by atoms with Gasteiger partial charge in [0.15, 0.2) is 9.84 Å². The molecule has 2 heterocycles. The largest absolute Gasteiger partial charge is 0.446 e. The fraction of sp³-hybridized carbons (Fsp3) is 0.588. The van der Waals surface area contributed by atoms with Crippen LogP contribution in [0.1, 0.15) is 30.1 Å². The minimum Gasteiger partial charge on any atom is -0.446 e. The van der Waals surface area contributed by atoms with Crippen LogP contribution in [0.25, 0.3) is 0 Å². The summed E-state index contributed by atoms with van der Waals surface area (Å²) in [4.78, 5) is 13.7. The second-order valence-corrected chi connectivity index (χ2v) is 8.65. The van der Waals surface area contributed by atoms with Crippen molar-refractivity contribution in [3.63, 3.8) is 0 Å². The summed E-state index contributed by atoms with van der Waals surface area (Å²) in [5, 5.41) is -0.936. The van der Waals surface area contributed by atoms with Crippen LogP contribution in [-0.2, 0) is 19.3 Å². The van der Waals surface area contributed by atoms with Crippen LogP contribution < -0.4 is 0 Å². The van der Waals surface area contributed by atoms with Crippen molar-refractivity contribution in [2.45, 2.75) is 30.6 Å². The first-order chi connectivity index (χ1) is 12.0. The lowest BCUT2D eigenvalue weighted by Gasteiger charge is -2.26. The Morgan fingerprint density at radius 1 is 1.16 bits per heavy atom. The van der Waals surface area contributed by atoms with Gasteiger partial charge in [-0.05, 0) is 12.5 Å². The van der Waals surface area contributed by atoms with E-state index in [4.69, 9.17) is 9.47 Å². The van der Waals surface area contributed by atoms with Crippen molar-refractivity contribution in [1.82, 2.24) is 4.90 Å². The standard InChI is InChI=1S/C17H22FNO5S/c18-15-4-2-1-3-14(15)16-5-8-19(9-12-25(16,21)22)17(20)24-13-6-10-23-11-7-13/h1-4,13,16H,5-12H2/t16-/m0/s1. The number of amides is 1. The van der Waals surface area contributed by atoms with Gasteiger partial charge in [-0.25, -0.2) is 17.6 Å². The molecule has 2 fully saturated rings. The van der Waals surface area contributed by atoms with E-state index in [2.05, 4.69) is 0 Å². The lowest BCUT2D eigenvalue weighted by atomic mass is 10.1. The molecule has 25 heavy (non-hydrogen) atoms. The molecule has 0 spiro atoms. The fourth-order valence-electron chi connectivity index (χ4n) is 3.22.